The van der Waals surface area contributed by atoms with E-state index >= 15 is 0 Å². The molecule has 1 aliphatic heterocycles. The maximum atomic E-state index is 14.7. The zero-order valence-corrected chi connectivity index (χ0v) is 22.8. The van der Waals surface area contributed by atoms with Crippen LogP contribution in [0.5, 0.6) is 0 Å². The highest BCUT2D eigenvalue weighted by atomic mass is 35.5. The smallest absolute Gasteiger partial charge is 0.305 e. The van der Waals surface area contributed by atoms with Crippen LogP contribution < -0.4 is 15.4 Å². The Morgan fingerprint density at radius 3 is 2.22 bits per heavy atom. The molecule has 4 aliphatic carbocycles. The Morgan fingerprint density at radius 1 is 1.05 bits per heavy atom. The lowest BCUT2D eigenvalue weighted by molar-refractivity contribution is -0.135. The minimum atomic E-state index is -4.56. The lowest BCUT2D eigenvalue weighted by Gasteiger charge is -2.60. The fourth-order valence-corrected chi connectivity index (χ4v) is 10.1. The van der Waals surface area contributed by atoms with Gasteiger partial charge in [-0.05, 0) is 67.4 Å². The van der Waals surface area contributed by atoms with E-state index in [1.165, 1.54) is 12.1 Å². The van der Waals surface area contributed by atoms with Crippen LogP contribution in [-0.4, -0.2) is 56.1 Å². The van der Waals surface area contributed by atoms with Crippen molar-refractivity contribution >= 4 is 62.5 Å². The van der Waals surface area contributed by atoms with Gasteiger partial charge in [0.25, 0.3) is 5.92 Å². The first kappa shape index (κ1) is 27.2. The summed E-state index contributed by atoms with van der Waals surface area (Å²) in [6.07, 6.45) is 4.61. The van der Waals surface area contributed by atoms with Crippen molar-refractivity contribution in [2.75, 3.05) is 23.9 Å². The molecular weight excluding hydrogens is 573 g/mol. The van der Waals surface area contributed by atoms with Crippen molar-refractivity contribution in [2.45, 2.75) is 50.5 Å². The number of nitrogens with one attached hydrogen (secondary N) is 1. The summed E-state index contributed by atoms with van der Waals surface area (Å²) in [6, 6.07) is 2.22. The van der Waals surface area contributed by atoms with Gasteiger partial charge in [-0.1, -0.05) is 34.8 Å². The van der Waals surface area contributed by atoms with Crippen molar-refractivity contribution in [1.82, 2.24) is 9.62 Å². The summed E-state index contributed by atoms with van der Waals surface area (Å²) in [6.45, 7) is -3.10. The van der Waals surface area contributed by atoms with Crippen molar-refractivity contribution in [3.8, 4) is 0 Å². The highest BCUT2D eigenvalue weighted by molar-refractivity contribution is 7.90. The zero-order valence-electron chi connectivity index (χ0n) is 19.7. The van der Waals surface area contributed by atoms with Gasteiger partial charge in [0.05, 0.1) is 28.8 Å². The van der Waals surface area contributed by atoms with Crippen molar-refractivity contribution in [3.05, 3.63) is 27.2 Å². The Bertz CT molecular complexity index is 1210. The number of rotatable bonds is 6. The molecule has 4 saturated carbocycles. The van der Waals surface area contributed by atoms with Gasteiger partial charge in [-0.3, -0.25) is 9.59 Å². The SMILES string of the molecule is NC(=O)CC12CC3CC(C1)C(NC(=O)CN1CC(F)(F)CN(c4c(Cl)cc(Cl)cc4Cl)S1(=O)=O)C(C3)C2. The molecule has 0 spiro atoms. The first-order valence-electron chi connectivity index (χ1n) is 12.1. The normalized spacial score (nSPS) is 33.9. The summed E-state index contributed by atoms with van der Waals surface area (Å²) in [5.74, 6) is -3.72. The summed E-state index contributed by atoms with van der Waals surface area (Å²) in [7, 11) is -4.56. The van der Waals surface area contributed by atoms with E-state index in [9.17, 15) is 26.8 Å². The number of primary amides is 1. The Hall–Kier alpha value is -1.40. The second kappa shape index (κ2) is 9.36. The van der Waals surface area contributed by atoms with E-state index in [0.29, 0.717) is 20.9 Å². The lowest BCUT2D eigenvalue weighted by atomic mass is 9.47. The lowest BCUT2D eigenvalue weighted by Crippen LogP contribution is -2.63. The highest BCUT2D eigenvalue weighted by Crippen LogP contribution is 2.61. The third-order valence-electron chi connectivity index (χ3n) is 8.22. The molecule has 2 unspecified atom stereocenters. The molecular formula is C23H27Cl3F2N4O4S. The molecule has 1 aromatic carbocycles. The molecule has 0 aromatic heterocycles. The van der Waals surface area contributed by atoms with E-state index in [1.807, 2.05) is 0 Å². The van der Waals surface area contributed by atoms with Crippen LogP contribution in [-0.2, 0) is 19.8 Å². The maximum Gasteiger partial charge on any atom is 0.305 e. The second-order valence-electron chi connectivity index (χ2n) is 11.1. The van der Waals surface area contributed by atoms with Gasteiger partial charge in [-0.25, -0.2) is 13.1 Å². The fraction of sp³-hybridized carbons (Fsp3) is 0.652. The van der Waals surface area contributed by atoms with E-state index in [4.69, 9.17) is 40.5 Å². The van der Waals surface area contributed by atoms with Crippen LogP contribution in [0.15, 0.2) is 12.1 Å². The molecule has 5 fully saturated rings. The van der Waals surface area contributed by atoms with Crippen LogP contribution in [0, 0.1) is 23.2 Å². The number of carbonyl (C=O) groups excluding carboxylic acids is 2. The molecule has 2 atom stereocenters. The van der Waals surface area contributed by atoms with Crippen LogP contribution in [0.2, 0.25) is 15.1 Å². The first-order valence-corrected chi connectivity index (χ1v) is 14.6. The van der Waals surface area contributed by atoms with E-state index < -0.39 is 41.7 Å². The zero-order chi connectivity index (χ0) is 26.9. The molecule has 1 saturated heterocycles. The fourth-order valence-electron chi connectivity index (χ4n) is 7.33. The van der Waals surface area contributed by atoms with Crippen molar-refractivity contribution in [2.24, 2.45) is 28.9 Å². The number of carbonyl (C=O) groups is 2. The van der Waals surface area contributed by atoms with Crippen molar-refractivity contribution in [3.63, 3.8) is 0 Å². The first-order chi connectivity index (χ1) is 17.2. The standard InChI is InChI=1S/C23H27Cl3F2N4O4S/c24-15-3-16(25)21(17(26)4-15)32-11-23(27,28)10-31(37(32,35)36)9-19(34)30-20-13-1-12-2-14(20)7-22(5-12,6-13)8-18(29)33/h3-4,12-14,20H,1-2,5-11H2,(H2,29,33)(H,30,34). The topological polar surface area (TPSA) is 113 Å². The Kier molecular flexibility index (Phi) is 6.88. The van der Waals surface area contributed by atoms with Gasteiger partial charge < -0.3 is 11.1 Å². The molecule has 0 radical (unpaired) electrons. The highest BCUT2D eigenvalue weighted by Gasteiger charge is 2.56. The molecule has 8 nitrogen and oxygen atoms in total. The minimum absolute atomic E-state index is 0.115. The van der Waals surface area contributed by atoms with Crippen LogP contribution in [0.4, 0.5) is 14.5 Å². The Morgan fingerprint density at radius 2 is 1.65 bits per heavy atom. The summed E-state index contributed by atoms with van der Waals surface area (Å²) >= 11 is 18.2. The van der Waals surface area contributed by atoms with E-state index in [2.05, 4.69) is 5.32 Å². The van der Waals surface area contributed by atoms with E-state index in [1.54, 1.807) is 0 Å². The van der Waals surface area contributed by atoms with Crippen molar-refractivity contribution < 1.29 is 26.8 Å². The minimum Gasteiger partial charge on any atom is -0.370 e. The molecule has 2 amide bonds. The predicted octanol–water partition coefficient (Wildman–Crippen LogP) is 3.84. The van der Waals surface area contributed by atoms with Gasteiger partial charge in [0.1, 0.15) is 6.54 Å². The quantitative estimate of drug-likeness (QED) is 0.517. The van der Waals surface area contributed by atoms with Gasteiger partial charge in [-0.15, -0.1) is 0 Å². The number of amides is 2. The van der Waals surface area contributed by atoms with Gasteiger partial charge in [-0.2, -0.15) is 12.7 Å². The summed E-state index contributed by atoms with van der Waals surface area (Å²) in [5, 5.41) is 2.64. The summed E-state index contributed by atoms with van der Waals surface area (Å²) in [5.41, 5.74) is 5.04. The van der Waals surface area contributed by atoms with Gasteiger partial charge in [0.2, 0.25) is 11.8 Å². The average molecular weight is 600 g/mol. The van der Waals surface area contributed by atoms with Gasteiger partial charge in [0.15, 0.2) is 0 Å². The van der Waals surface area contributed by atoms with Crippen LogP contribution in [0.1, 0.15) is 38.5 Å². The number of benzene rings is 1. The molecule has 4 bridgehead atoms. The number of halogens is 5. The van der Waals surface area contributed by atoms with Crippen LogP contribution >= 0.6 is 34.8 Å². The number of nitrogens with two attached hydrogens (primary N) is 1. The number of alkyl halides is 2. The van der Waals surface area contributed by atoms with E-state index in [-0.39, 0.29) is 50.0 Å². The summed E-state index contributed by atoms with van der Waals surface area (Å²) < 4.78 is 57.1. The second-order valence-corrected chi connectivity index (χ2v) is 14.2. The van der Waals surface area contributed by atoms with Gasteiger partial charge in [0, 0.05) is 17.5 Å². The molecule has 5 aliphatic rings. The van der Waals surface area contributed by atoms with Gasteiger partial charge >= 0.3 is 10.2 Å². The van der Waals surface area contributed by atoms with Crippen LogP contribution in [0.25, 0.3) is 0 Å². The average Bonchev–Trinajstić information content (AvgIpc) is 2.72. The number of hydrogen-bond acceptors (Lipinski definition) is 4. The van der Waals surface area contributed by atoms with E-state index in [0.717, 1.165) is 32.1 Å². The molecule has 1 aromatic rings. The third kappa shape index (κ3) is 5.14. The maximum absolute atomic E-state index is 14.7. The predicted molar refractivity (Wildman–Crippen MR) is 136 cm³/mol. The molecule has 6 rings (SSSR count). The molecule has 3 N–H and O–H groups in total. The third-order valence-corrected chi connectivity index (χ3v) is 10.8. The Labute approximate surface area is 228 Å². The summed E-state index contributed by atoms with van der Waals surface area (Å²) in [4.78, 5) is 24.7. The molecule has 1 heterocycles. The van der Waals surface area contributed by atoms with Crippen molar-refractivity contribution in [1.29, 1.82) is 0 Å². The molecule has 37 heavy (non-hydrogen) atoms. The van der Waals surface area contributed by atoms with Crippen LogP contribution in [0.3, 0.4) is 0 Å². The monoisotopic (exact) mass is 598 g/mol. The number of hydrogen-bond donors (Lipinski definition) is 2. The molecule has 14 heteroatoms. The Balaban J connectivity index is 1.33. The largest absolute Gasteiger partial charge is 0.370 e. The molecule has 204 valence electrons. The number of nitrogens with zero attached hydrogens (tertiary/aromatic N) is 2. The number of anilines is 1.